The van der Waals surface area contributed by atoms with Gasteiger partial charge in [0.15, 0.2) is 0 Å². The molecule has 29 heavy (non-hydrogen) atoms. The number of rotatable bonds is 8. The van der Waals surface area contributed by atoms with Crippen LogP contribution in [0.15, 0.2) is 83.8 Å². The van der Waals surface area contributed by atoms with Gasteiger partial charge in [0.05, 0.1) is 16.9 Å². The largest absolute Gasteiger partial charge is 0.545 e. The minimum Gasteiger partial charge on any atom is -0.545 e. The van der Waals surface area contributed by atoms with Crippen LogP contribution in [0.1, 0.15) is 22.0 Å². The Bertz CT molecular complexity index is 1090. The van der Waals surface area contributed by atoms with Gasteiger partial charge in [0.2, 0.25) is 10.0 Å². The van der Waals surface area contributed by atoms with Gasteiger partial charge in [-0.05, 0) is 47.5 Å². The van der Waals surface area contributed by atoms with Crippen molar-refractivity contribution in [3.05, 3.63) is 95.0 Å². The number of benzene rings is 3. The van der Waals surface area contributed by atoms with Crippen molar-refractivity contribution < 1.29 is 18.3 Å². The van der Waals surface area contributed by atoms with Crippen LogP contribution in [0.2, 0.25) is 5.02 Å². The summed E-state index contributed by atoms with van der Waals surface area (Å²) in [5.74, 6) is -1.28. The molecule has 0 spiro atoms. The highest BCUT2D eigenvalue weighted by Crippen LogP contribution is 2.21. The van der Waals surface area contributed by atoms with E-state index in [1.165, 1.54) is 36.4 Å². The number of aromatic carboxylic acids is 1. The number of carboxylic acid groups (broad SMARTS) is 1. The number of carbonyl (C=O) groups is 1. The second-order valence-electron chi connectivity index (χ2n) is 6.28. The van der Waals surface area contributed by atoms with Crippen LogP contribution >= 0.6 is 11.6 Å². The van der Waals surface area contributed by atoms with Crippen LogP contribution in [-0.2, 0) is 10.0 Å². The second-order valence-corrected chi connectivity index (χ2v) is 8.49. The molecule has 0 saturated heterocycles. The molecule has 0 aliphatic heterocycles. The fourth-order valence-electron chi connectivity index (χ4n) is 2.76. The molecule has 0 unspecified atom stereocenters. The summed E-state index contributed by atoms with van der Waals surface area (Å²) >= 11 is 5.82. The van der Waals surface area contributed by atoms with Crippen molar-refractivity contribution in [1.82, 2.24) is 4.72 Å². The minimum atomic E-state index is -3.75. The molecule has 150 valence electrons. The van der Waals surface area contributed by atoms with E-state index in [0.29, 0.717) is 10.7 Å². The van der Waals surface area contributed by atoms with Crippen molar-refractivity contribution in [3.8, 4) is 0 Å². The molecule has 0 fully saturated rings. The van der Waals surface area contributed by atoms with E-state index in [-0.39, 0.29) is 17.0 Å². The molecule has 0 aliphatic rings. The molecule has 0 amide bonds. The van der Waals surface area contributed by atoms with Crippen molar-refractivity contribution in [2.75, 3.05) is 11.9 Å². The molecule has 0 saturated carbocycles. The summed E-state index contributed by atoms with van der Waals surface area (Å²) in [7, 11) is -3.75. The predicted octanol–water partition coefficient (Wildman–Crippen LogP) is 2.84. The number of hydrogen-bond donors (Lipinski definition) is 2. The Morgan fingerprint density at radius 2 is 1.66 bits per heavy atom. The van der Waals surface area contributed by atoms with Crippen LogP contribution in [-0.4, -0.2) is 20.9 Å². The fraction of sp³-hybridized carbons (Fsp3) is 0.0952. The monoisotopic (exact) mass is 429 g/mol. The maximum Gasteiger partial charge on any atom is 0.240 e. The Balaban J connectivity index is 1.82. The van der Waals surface area contributed by atoms with E-state index in [4.69, 9.17) is 11.6 Å². The Morgan fingerprint density at radius 1 is 0.966 bits per heavy atom. The van der Waals surface area contributed by atoms with Crippen molar-refractivity contribution in [2.45, 2.75) is 10.9 Å². The summed E-state index contributed by atoms with van der Waals surface area (Å²) in [5.41, 5.74) is 1.40. The Labute approximate surface area is 174 Å². The molecule has 0 aliphatic carbocycles. The third-order valence-electron chi connectivity index (χ3n) is 4.24. The zero-order valence-corrected chi connectivity index (χ0v) is 16.8. The molecule has 3 aromatic carbocycles. The number of carbonyl (C=O) groups excluding carboxylic acids is 1. The zero-order valence-electron chi connectivity index (χ0n) is 15.2. The first kappa shape index (κ1) is 20.9. The van der Waals surface area contributed by atoms with Gasteiger partial charge < -0.3 is 15.2 Å². The van der Waals surface area contributed by atoms with Crippen molar-refractivity contribution in [3.63, 3.8) is 0 Å². The second kappa shape index (κ2) is 9.09. The molecule has 0 radical (unpaired) electrons. The van der Waals surface area contributed by atoms with E-state index in [1.54, 1.807) is 12.1 Å². The maximum atomic E-state index is 12.6. The Kier molecular flexibility index (Phi) is 6.53. The number of halogens is 1. The van der Waals surface area contributed by atoms with Gasteiger partial charge in [0.1, 0.15) is 0 Å². The third kappa shape index (κ3) is 5.57. The topological polar surface area (TPSA) is 98.3 Å². The van der Waals surface area contributed by atoms with Gasteiger partial charge >= 0.3 is 0 Å². The standard InChI is InChI=1S/C21H19ClN2O4S/c22-17-9-11-19(12-10-17)29(27,28)23-14-20(15-5-2-1-3-6-15)24-18-8-4-7-16(13-18)21(25)26/h1-13,20,23-24H,14H2,(H,25,26)/p-1/t20-/m1/s1. The Hall–Kier alpha value is -2.87. The predicted molar refractivity (Wildman–Crippen MR) is 110 cm³/mol. The molecule has 3 rings (SSSR count). The van der Waals surface area contributed by atoms with Crippen molar-refractivity contribution in [1.29, 1.82) is 0 Å². The summed E-state index contributed by atoms with van der Waals surface area (Å²) < 4.78 is 27.8. The smallest absolute Gasteiger partial charge is 0.240 e. The first-order valence-corrected chi connectivity index (χ1v) is 10.6. The molecule has 6 nitrogen and oxygen atoms in total. The Morgan fingerprint density at radius 3 is 2.31 bits per heavy atom. The molecule has 0 aromatic heterocycles. The SMILES string of the molecule is O=C([O-])c1cccc(N[C@H](CNS(=O)(=O)c2ccc(Cl)cc2)c2ccccc2)c1. The van der Waals surface area contributed by atoms with Gasteiger partial charge in [-0.3, -0.25) is 0 Å². The van der Waals surface area contributed by atoms with Gasteiger partial charge in [0.25, 0.3) is 0 Å². The van der Waals surface area contributed by atoms with Crippen LogP contribution in [0.3, 0.4) is 0 Å². The number of sulfonamides is 1. The van der Waals surface area contributed by atoms with Gasteiger partial charge in [-0.15, -0.1) is 0 Å². The number of hydrogen-bond acceptors (Lipinski definition) is 5. The molecule has 1 atom stereocenters. The van der Waals surface area contributed by atoms with Crippen LogP contribution in [0.5, 0.6) is 0 Å². The van der Waals surface area contributed by atoms with E-state index in [9.17, 15) is 18.3 Å². The van der Waals surface area contributed by atoms with E-state index in [2.05, 4.69) is 10.0 Å². The number of anilines is 1. The lowest BCUT2D eigenvalue weighted by Crippen LogP contribution is -2.31. The average molecular weight is 430 g/mol. The first-order chi connectivity index (χ1) is 13.8. The number of carboxylic acids is 1. The molecule has 0 heterocycles. The third-order valence-corrected chi connectivity index (χ3v) is 5.93. The lowest BCUT2D eigenvalue weighted by molar-refractivity contribution is -0.255. The van der Waals surface area contributed by atoms with Crippen LogP contribution in [0, 0.1) is 0 Å². The van der Waals surface area contributed by atoms with Crippen molar-refractivity contribution >= 4 is 33.3 Å². The fourth-order valence-corrected chi connectivity index (χ4v) is 3.94. The highest BCUT2D eigenvalue weighted by Gasteiger charge is 2.18. The summed E-state index contributed by atoms with van der Waals surface area (Å²) in [6.07, 6.45) is 0. The molecular formula is C21H18ClN2O4S-. The van der Waals surface area contributed by atoms with Crippen LogP contribution in [0.4, 0.5) is 5.69 Å². The van der Waals surface area contributed by atoms with Crippen LogP contribution < -0.4 is 15.1 Å². The van der Waals surface area contributed by atoms with Crippen LogP contribution in [0.25, 0.3) is 0 Å². The summed E-state index contributed by atoms with van der Waals surface area (Å²) in [4.78, 5) is 11.2. The van der Waals surface area contributed by atoms with Crippen molar-refractivity contribution in [2.24, 2.45) is 0 Å². The van der Waals surface area contributed by atoms with E-state index in [0.717, 1.165) is 5.56 Å². The summed E-state index contributed by atoms with van der Waals surface area (Å²) in [6.45, 7) is 0.0462. The van der Waals surface area contributed by atoms with E-state index >= 15 is 0 Å². The highest BCUT2D eigenvalue weighted by atomic mass is 35.5. The first-order valence-electron chi connectivity index (χ1n) is 8.73. The highest BCUT2D eigenvalue weighted by molar-refractivity contribution is 7.89. The van der Waals surface area contributed by atoms with Gasteiger partial charge in [0, 0.05) is 17.3 Å². The zero-order chi connectivity index (χ0) is 20.9. The van der Waals surface area contributed by atoms with E-state index < -0.39 is 22.0 Å². The number of nitrogens with one attached hydrogen (secondary N) is 2. The maximum absolute atomic E-state index is 12.6. The lowest BCUT2D eigenvalue weighted by Gasteiger charge is -2.21. The van der Waals surface area contributed by atoms with Gasteiger partial charge in [-0.1, -0.05) is 54.1 Å². The van der Waals surface area contributed by atoms with Gasteiger partial charge in [-0.25, -0.2) is 13.1 Å². The normalized spacial score (nSPS) is 12.3. The van der Waals surface area contributed by atoms with E-state index in [1.807, 2.05) is 30.3 Å². The summed E-state index contributed by atoms with van der Waals surface area (Å²) in [6, 6.07) is 20.9. The average Bonchev–Trinajstić information content (AvgIpc) is 2.72. The van der Waals surface area contributed by atoms with Gasteiger partial charge in [-0.2, -0.15) is 0 Å². The quantitative estimate of drug-likeness (QED) is 0.573. The lowest BCUT2D eigenvalue weighted by atomic mass is 10.1. The molecule has 0 bridgehead atoms. The minimum absolute atomic E-state index is 0.0311. The molecule has 8 heteroatoms. The summed E-state index contributed by atoms with van der Waals surface area (Å²) in [5, 5.41) is 14.7. The molecule has 3 aromatic rings. The molecule has 2 N–H and O–H groups in total. The molecular weight excluding hydrogens is 412 g/mol.